The molecule has 1 rings (SSSR count). The summed E-state index contributed by atoms with van der Waals surface area (Å²) in [5, 5.41) is 0. The van der Waals surface area contributed by atoms with E-state index in [2.05, 4.69) is 25.4 Å². The van der Waals surface area contributed by atoms with E-state index < -0.39 is 10.2 Å². The highest BCUT2D eigenvalue weighted by molar-refractivity contribution is 9.10. The highest BCUT2D eigenvalue weighted by atomic mass is 79.9. The summed E-state index contributed by atoms with van der Waals surface area (Å²) >= 11 is 3.43. The maximum atomic E-state index is 11.7. The number of hydrogen-bond donors (Lipinski definition) is 2. The Morgan fingerprint density at radius 2 is 1.83 bits per heavy atom. The molecule has 0 radical (unpaired) electrons. The first-order valence-electron chi connectivity index (χ1n) is 5.39. The van der Waals surface area contributed by atoms with Crippen LogP contribution in [0.2, 0.25) is 0 Å². The average Bonchev–Trinajstić information content (AvgIpc) is 2.25. The Bertz CT molecular complexity index is 494. The van der Waals surface area contributed by atoms with Crippen LogP contribution in [0.15, 0.2) is 16.6 Å². The molecule has 7 heteroatoms. The minimum atomic E-state index is -3.55. The van der Waals surface area contributed by atoms with Gasteiger partial charge in [-0.25, -0.2) is 0 Å². The smallest absolute Gasteiger partial charge is 0.299 e. The quantitative estimate of drug-likeness (QED) is 0.780. The van der Waals surface area contributed by atoms with Crippen LogP contribution in [0.5, 0.6) is 0 Å². The number of rotatable bonds is 6. The zero-order valence-electron chi connectivity index (χ0n) is 10.6. The van der Waals surface area contributed by atoms with Crippen LogP contribution in [0.25, 0.3) is 0 Å². The van der Waals surface area contributed by atoms with E-state index in [1.807, 2.05) is 13.8 Å². The fourth-order valence-electron chi connectivity index (χ4n) is 1.47. The van der Waals surface area contributed by atoms with Gasteiger partial charge in [0.1, 0.15) is 0 Å². The number of benzene rings is 1. The maximum absolute atomic E-state index is 11.7. The molecule has 0 saturated heterocycles. The molecule has 1 aromatic rings. The molecule has 2 N–H and O–H groups in total. The number of hydrogen-bond acceptors (Lipinski definition) is 3. The van der Waals surface area contributed by atoms with E-state index >= 15 is 0 Å². The van der Waals surface area contributed by atoms with E-state index in [9.17, 15) is 8.42 Å². The van der Waals surface area contributed by atoms with Crippen LogP contribution in [-0.4, -0.2) is 28.7 Å². The van der Waals surface area contributed by atoms with Gasteiger partial charge < -0.3 is 4.74 Å². The molecule has 0 spiro atoms. The molecular formula is C11H17BrN2O3S. The molecule has 102 valence electrons. The number of anilines is 1. The average molecular weight is 337 g/mol. The van der Waals surface area contributed by atoms with Gasteiger partial charge in [0.25, 0.3) is 10.2 Å². The molecule has 0 aliphatic carbocycles. The van der Waals surface area contributed by atoms with E-state index in [-0.39, 0.29) is 6.54 Å². The van der Waals surface area contributed by atoms with Gasteiger partial charge in [-0.2, -0.15) is 13.1 Å². The van der Waals surface area contributed by atoms with Crippen LogP contribution in [0.4, 0.5) is 5.69 Å². The fourth-order valence-corrected chi connectivity index (χ4v) is 2.56. The van der Waals surface area contributed by atoms with Gasteiger partial charge in [0, 0.05) is 18.1 Å². The molecule has 0 heterocycles. The van der Waals surface area contributed by atoms with Crippen molar-refractivity contribution in [1.82, 2.24) is 4.72 Å². The van der Waals surface area contributed by atoms with Crippen LogP contribution >= 0.6 is 15.9 Å². The number of ether oxygens (including phenoxy) is 1. The second kappa shape index (κ2) is 6.51. The lowest BCUT2D eigenvalue weighted by atomic mass is 10.1. The fraction of sp³-hybridized carbons (Fsp3) is 0.455. The molecular weight excluding hydrogens is 320 g/mol. The van der Waals surface area contributed by atoms with Gasteiger partial charge >= 0.3 is 0 Å². The summed E-state index contributed by atoms with van der Waals surface area (Å²) in [6.45, 7) is 4.39. The van der Waals surface area contributed by atoms with E-state index in [0.717, 1.165) is 15.6 Å². The van der Waals surface area contributed by atoms with E-state index in [1.165, 1.54) is 7.11 Å². The summed E-state index contributed by atoms with van der Waals surface area (Å²) in [5.74, 6) is 0. The third kappa shape index (κ3) is 4.56. The predicted octanol–water partition coefficient (Wildman–Crippen LogP) is 1.96. The normalized spacial score (nSPS) is 11.6. The standard InChI is InChI=1S/C11H17BrN2O3S/c1-8-6-10(7-9(2)11(8)12)14-18(15,16)13-4-5-17-3/h6-7,13-14H,4-5H2,1-3H3. The van der Waals surface area contributed by atoms with Crippen molar-refractivity contribution in [2.75, 3.05) is 25.0 Å². The molecule has 0 aromatic heterocycles. The molecule has 0 saturated carbocycles. The Morgan fingerprint density at radius 1 is 1.28 bits per heavy atom. The van der Waals surface area contributed by atoms with E-state index in [4.69, 9.17) is 4.74 Å². The van der Waals surface area contributed by atoms with Gasteiger partial charge in [-0.15, -0.1) is 0 Å². The molecule has 0 aliphatic rings. The summed E-state index contributed by atoms with van der Waals surface area (Å²) < 4.78 is 34.0. The predicted molar refractivity (Wildman–Crippen MR) is 76.0 cm³/mol. The van der Waals surface area contributed by atoms with Crippen LogP contribution < -0.4 is 9.44 Å². The Balaban J connectivity index is 2.78. The third-order valence-electron chi connectivity index (χ3n) is 2.29. The monoisotopic (exact) mass is 336 g/mol. The molecule has 0 unspecified atom stereocenters. The van der Waals surface area contributed by atoms with Crippen molar-refractivity contribution in [3.63, 3.8) is 0 Å². The Kier molecular flexibility index (Phi) is 5.58. The van der Waals surface area contributed by atoms with Gasteiger partial charge in [0.05, 0.1) is 12.3 Å². The van der Waals surface area contributed by atoms with Crippen LogP contribution in [-0.2, 0) is 14.9 Å². The largest absolute Gasteiger partial charge is 0.383 e. The maximum Gasteiger partial charge on any atom is 0.299 e. The molecule has 0 aliphatic heterocycles. The van der Waals surface area contributed by atoms with Crippen molar-refractivity contribution in [3.05, 3.63) is 27.7 Å². The van der Waals surface area contributed by atoms with Gasteiger partial charge in [0.2, 0.25) is 0 Å². The van der Waals surface area contributed by atoms with Crippen LogP contribution in [0.3, 0.4) is 0 Å². The van der Waals surface area contributed by atoms with Crippen molar-refractivity contribution in [3.8, 4) is 0 Å². The van der Waals surface area contributed by atoms with Crippen molar-refractivity contribution in [2.24, 2.45) is 0 Å². The summed E-state index contributed by atoms with van der Waals surface area (Å²) in [5.41, 5.74) is 2.49. The zero-order chi connectivity index (χ0) is 13.8. The van der Waals surface area contributed by atoms with Gasteiger partial charge in [-0.1, -0.05) is 15.9 Å². The first-order valence-corrected chi connectivity index (χ1v) is 7.66. The first-order chi connectivity index (χ1) is 8.35. The van der Waals surface area contributed by atoms with E-state index in [0.29, 0.717) is 12.3 Å². The van der Waals surface area contributed by atoms with Crippen LogP contribution in [0, 0.1) is 13.8 Å². The van der Waals surface area contributed by atoms with Crippen molar-refractivity contribution in [2.45, 2.75) is 13.8 Å². The Hall–Kier alpha value is -0.630. The number of methoxy groups -OCH3 is 1. The van der Waals surface area contributed by atoms with Gasteiger partial charge in [-0.3, -0.25) is 4.72 Å². The van der Waals surface area contributed by atoms with Gasteiger partial charge in [-0.05, 0) is 37.1 Å². The SMILES string of the molecule is COCCNS(=O)(=O)Nc1cc(C)c(Br)c(C)c1. The highest BCUT2D eigenvalue weighted by Gasteiger charge is 2.10. The number of nitrogens with one attached hydrogen (secondary N) is 2. The molecule has 1 aromatic carbocycles. The van der Waals surface area contributed by atoms with Gasteiger partial charge in [0.15, 0.2) is 0 Å². The molecule has 0 fully saturated rings. The first kappa shape index (κ1) is 15.4. The van der Waals surface area contributed by atoms with Crippen molar-refractivity contribution < 1.29 is 13.2 Å². The molecule has 0 atom stereocenters. The molecule has 18 heavy (non-hydrogen) atoms. The Morgan fingerprint density at radius 3 is 2.33 bits per heavy atom. The number of halogens is 1. The summed E-state index contributed by atoms with van der Waals surface area (Å²) in [6.07, 6.45) is 0. The lowest BCUT2D eigenvalue weighted by molar-refractivity contribution is 0.204. The van der Waals surface area contributed by atoms with E-state index in [1.54, 1.807) is 12.1 Å². The highest BCUT2D eigenvalue weighted by Crippen LogP contribution is 2.25. The second-order valence-corrected chi connectivity index (χ2v) is 6.21. The summed E-state index contributed by atoms with van der Waals surface area (Å²) in [7, 11) is -2.03. The molecule has 0 amide bonds. The summed E-state index contributed by atoms with van der Waals surface area (Å²) in [6, 6.07) is 3.54. The van der Waals surface area contributed by atoms with Crippen LogP contribution in [0.1, 0.15) is 11.1 Å². The van der Waals surface area contributed by atoms with Crippen molar-refractivity contribution >= 4 is 31.8 Å². The minimum Gasteiger partial charge on any atom is -0.383 e. The number of aryl methyl sites for hydroxylation is 2. The topological polar surface area (TPSA) is 67.4 Å². The second-order valence-electron chi connectivity index (χ2n) is 3.92. The van der Waals surface area contributed by atoms with Crippen molar-refractivity contribution in [1.29, 1.82) is 0 Å². The third-order valence-corrected chi connectivity index (χ3v) is 4.63. The zero-order valence-corrected chi connectivity index (χ0v) is 13.0. The molecule has 5 nitrogen and oxygen atoms in total. The lowest BCUT2D eigenvalue weighted by Crippen LogP contribution is -2.32. The Labute approximate surface area is 116 Å². The summed E-state index contributed by atoms with van der Waals surface area (Å²) in [4.78, 5) is 0. The minimum absolute atomic E-state index is 0.236. The lowest BCUT2D eigenvalue weighted by Gasteiger charge is -2.11. The molecule has 0 bridgehead atoms.